The third kappa shape index (κ3) is 5.26. The van der Waals surface area contributed by atoms with E-state index in [1.807, 2.05) is 12.1 Å². The van der Waals surface area contributed by atoms with Gasteiger partial charge in [0, 0.05) is 17.1 Å². The van der Waals surface area contributed by atoms with Crippen LogP contribution in [0.1, 0.15) is 74.4 Å². The molecule has 6 heteroatoms. The third-order valence-electron chi connectivity index (χ3n) is 7.70. The first-order valence-corrected chi connectivity index (χ1v) is 12.3. The van der Waals surface area contributed by atoms with Gasteiger partial charge < -0.3 is 15.4 Å². The Kier molecular flexibility index (Phi) is 6.96. The second kappa shape index (κ2) is 9.77. The number of alkyl carbamates (subject to hydrolysis) is 1. The number of nitrogens with one attached hydrogen (secondary N) is 2. The largest absolute Gasteiger partial charge is 0.445 e. The van der Waals surface area contributed by atoms with Gasteiger partial charge in [-0.2, -0.15) is 0 Å². The Bertz CT molecular complexity index is 1030. The van der Waals surface area contributed by atoms with E-state index >= 15 is 0 Å². The molecule has 0 saturated heterocycles. The molecule has 2 aromatic rings. The SMILES string of the molecule is CCCc1cccc(COC(=O)N[C@H]2CC(C)(C3(NC(=O)c4ccc(F)cc4)CC3)CC2C)c1. The van der Waals surface area contributed by atoms with Crippen molar-refractivity contribution in [2.75, 3.05) is 0 Å². The van der Waals surface area contributed by atoms with Crippen LogP contribution in [0.5, 0.6) is 0 Å². The smallest absolute Gasteiger partial charge is 0.407 e. The molecule has 5 nitrogen and oxygen atoms in total. The Hall–Kier alpha value is -2.89. The molecule has 2 N–H and O–H groups in total. The van der Waals surface area contributed by atoms with E-state index in [9.17, 15) is 14.0 Å². The van der Waals surface area contributed by atoms with Crippen molar-refractivity contribution in [3.8, 4) is 0 Å². The summed E-state index contributed by atoms with van der Waals surface area (Å²) in [5.41, 5.74) is 2.29. The van der Waals surface area contributed by atoms with Crippen LogP contribution in [0.2, 0.25) is 0 Å². The van der Waals surface area contributed by atoms with E-state index in [0.717, 1.165) is 44.1 Å². The second-order valence-corrected chi connectivity index (χ2v) is 10.4. The van der Waals surface area contributed by atoms with Crippen LogP contribution in [0.3, 0.4) is 0 Å². The van der Waals surface area contributed by atoms with Crippen molar-refractivity contribution < 1.29 is 18.7 Å². The zero-order valence-corrected chi connectivity index (χ0v) is 20.3. The molecule has 2 amide bonds. The van der Waals surface area contributed by atoms with E-state index in [-0.39, 0.29) is 41.2 Å². The molecular weight excluding hydrogens is 431 g/mol. The quantitative estimate of drug-likeness (QED) is 0.519. The van der Waals surface area contributed by atoms with Gasteiger partial charge in [-0.1, -0.05) is 51.5 Å². The van der Waals surface area contributed by atoms with Gasteiger partial charge in [0.1, 0.15) is 12.4 Å². The highest BCUT2D eigenvalue weighted by atomic mass is 19.1. The monoisotopic (exact) mass is 466 g/mol. The van der Waals surface area contributed by atoms with E-state index in [4.69, 9.17) is 4.74 Å². The predicted octanol–water partition coefficient (Wildman–Crippen LogP) is 5.77. The molecule has 2 fully saturated rings. The highest BCUT2D eigenvalue weighted by Gasteiger charge is 2.61. The van der Waals surface area contributed by atoms with Gasteiger partial charge in [-0.15, -0.1) is 0 Å². The van der Waals surface area contributed by atoms with Gasteiger partial charge in [-0.05, 0) is 78.8 Å². The minimum atomic E-state index is -0.401. The summed E-state index contributed by atoms with van der Waals surface area (Å²) in [7, 11) is 0. The van der Waals surface area contributed by atoms with E-state index in [1.165, 1.54) is 29.8 Å². The summed E-state index contributed by atoms with van der Waals surface area (Å²) in [4.78, 5) is 25.4. The first-order valence-electron chi connectivity index (χ1n) is 12.3. The molecule has 34 heavy (non-hydrogen) atoms. The molecule has 0 radical (unpaired) electrons. The maximum absolute atomic E-state index is 13.2. The van der Waals surface area contributed by atoms with Crippen molar-refractivity contribution in [2.45, 2.75) is 77.5 Å². The lowest BCUT2D eigenvalue weighted by Gasteiger charge is -2.36. The number of amides is 2. The second-order valence-electron chi connectivity index (χ2n) is 10.4. The van der Waals surface area contributed by atoms with Crippen LogP contribution in [-0.4, -0.2) is 23.6 Å². The van der Waals surface area contributed by atoms with Crippen molar-refractivity contribution in [1.82, 2.24) is 10.6 Å². The molecule has 2 aliphatic carbocycles. The van der Waals surface area contributed by atoms with Crippen LogP contribution in [0.4, 0.5) is 9.18 Å². The Morgan fingerprint density at radius 1 is 1.09 bits per heavy atom. The van der Waals surface area contributed by atoms with Gasteiger partial charge in [-0.3, -0.25) is 4.79 Å². The number of benzene rings is 2. The van der Waals surface area contributed by atoms with Gasteiger partial charge in [0.2, 0.25) is 0 Å². The number of hydrogen-bond donors (Lipinski definition) is 2. The number of carbonyl (C=O) groups excluding carboxylic acids is 2. The Morgan fingerprint density at radius 2 is 1.79 bits per heavy atom. The van der Waals surface area contributed by atoms with Crippen molar-refractivity contribution in [3.63, 3.8) is 0 Å². The molecule has 0 spiro atoms. The fraction of sp³-hybridized carbons (Fsp3) is 0.500. The van der Waals surface area contributed by atoms with Crippen LogP contribution < -0.4 is 10.6 Å². The average molecular weight is 467 g/mol. The van der Waals surface area contributed by atoms with E-state index < -0.39 is 6.09 Å². The highest BCUT2D eigenvalue weighted by molar-refractivity contribution is 5.95. The minimum absolute atomic E-state index is 0.0101. The maximum atomic E-state index is 13.2. The van der Waals surface area contributed by atoms with Crippen LogP contribution in [-0.2, 0) is 17.8 Å². The molecule has 0 aromatic heterocycles. The molecule has 2 saturated carbocycles. The lowest BCUT2D eigenvalue weighted by Crippen LogP contribution is -2.48. The maximum Gasteiger partial charge on any atom is 0.407 e. The fourth-order valence-corrected chi connectivity index (χ4v) is 5.61. The molecule has 3 atom stereocenters. The summed E-state index contributed by atoms with van der Waals surface area (Å²) in [6.07, 6.45) is 5.19. The number of aryl methyl sites for hydroxylation is 1. The summed E-state index contributed by atoms with van der Waals surface area (Å²) in [5, 5.41) is 6.31. The molecule has 4 rings (SSSR count). The molecule has 0 aliphatic heterocycles. The zero-order chi connectivity index (χ0) is 24.3. The summed E-state index contributed by atoms with van der Waals surface area (Å²) in [5.74, 6) is -0.262. The Morgan fingerprint density at radius 3 is 2.47 bits per heavy atom. The zero-order valence-electron chi connectivity index (χ0n) is 20.3. The molecule has 182 valence electrons. The number of halogens is 1. The summed E-state index contributed by atoms with van der Waals surface area (Å²) in [6, 6.07) is 13.8. The number of ether oxygens (including phenoxy) is 1. The Balaban J connectivity index is 1.33. The molecule has 2 unspecified atom stereocenters. The summed E-state index contributed by atoms with van der Waals surface area (Å²) in [6.45, 7) is 6.74. The lowest BCUT2D eigenvalue weighted by atomic mass is 9.77. The Labute approximate surface area is 201 Å². The van der Waals surface area contributed by atoms with Crippen LogP contribution >= 0.6 is 0 Å². The van der Waals surface area contributed by atoms with Gasteiger partial charge in [0.15, 0.2) is 0 Å². The average Bonchev–Trinajstić information content (AvgIpc) is 3.53. The molecule has 2 aromatic carbocycles. The van der Waals surface area contributed by atoms with Gasteiger partial charge in [-0.25, -0.2) is 9.18 Å². The summed E-state index contributed by atoms with van der Waals surface area (Å²) < 4.78 is 18.7. The standard InChI is InChI=1S/C28H35FN2O3/c1-4-6-20-7-5-8-21(15-20)18-34-26(33)30-24-17-27(3,16-19(24)2)28(13-14-28)31-25(32)22-9-11-23(29)12-10-22/h5,7-12,15,19,24H,4,6,13-14,16-18H2,1-3H3,(H,30,33)(H,31,32)/t19?,24-,27?/m0/s1. The van der Waals surface area contributed by atoms with E-state index in [1.54, 1.807) is 0 Å². The van der Waals surface area contributed by atoms with E-state index in [2.05, 4.69) is 43.5 Å². The van der Waals surface area contributed by atoms with Gasteiger partial charge >= 0.3 is 6.09 Å². The predicted molar refractivity (Wildman–Crippen MR) is 130 cm³/mol. The molecular formula is C28H35FN2O3. The topological polar surface area (TPSA) is 67.4 Å². The number of carbonyl (C=O) groups is 2. The summed E-state index contributed by atoms with van der Waals surface area (Å²) >= 11 is 0. The number of rotatable bonds is 8. The highest BCUT2D eigenvalue weighted by Crippen LogP contribution is 2.59. The van der Waals surface area contributed by atoms with Crippen molar-refractivity contribution in [1.29, 1.82) is 0 Å². The van der Waals surface area contributed by atoms with Gasteiger partial charge in [0.25, 0.3) is 5.91 Å². The van der Waals surface area contributed by atoms with E-state index in [0.29, 0.717) is 5.56 Å². The fourth-order valence-electron chi connectivity index (χ4n) is 5.61. The van der Waals surface area contributed by atoms with Gasteiger partial charge in [0.05, 0.1) is 0 Å². The third-order valence-corrected chi connectivity index (χ3v) is 7.70. The molecule has 2 aliphatic rings. The van der Waals surface area contributed by atoms with Crippen molar-refractivity contribution in [3.05, 3.63) is 71.0 Å². The van der Waals surface area contributed by atoms with Crippen molar-refractivity contribution >= 4 is 12.0 Å². The normalized spacial score (nSPS) is 24.9. The van der Waals surface area contributed by atoms with Crippen LogP contribution in [0, 0.1) is 17.2 Å². The first-order chi connectivity index (χ1) is 16.2. The van der Waals surface area contributed by atoms with Crippen LogP contribution in [0.15, 0.2) is 48.5 Å². The number of hydrogen-bond acceptors (Lipinski definition) is 3. The first kappa shape index (κ1) is 24.2. The van der Waals surface area contributed by atoms with Crippen LogP contribution in [0.25, 0.3) is 0 Å². The molecule has 0 heterocycles. The van der Waals surface area contributed by atoms with Crippen molar-refractivity contribution in [2.24, 2.45) is 11.3 Å². The minimum Gasteiger partial charge on any atom is -0.445 e. The lowest BCUT2D eigenvalue weighted by molar-refractivity contribution is 0.0862. The molecule has 0 bridgehead atoms.